The summed E-state index contributed by atoms with van der Waals surface area (Å²) in [6.07, 6.45) is 1.78. The molecule has 2 heterocycles. The van der Waals surface area contributed by atoms with Gasteiger partial charge in [0, 0.05) is 12.6 Å². The molecule has 1 aliphatic heterocycles. The SMILES string of the molecule is CC(C)(C)n1cc(C(=O)N2C[C@H](F)C[C@H]2C(N)=O)cn1. The molecule has 7 heteroatoms. The average molecular weight is 282 g/mol. The maximum absolute atomic E-state index is 13.4. The van der Waals surface area contributed by atoms with Gasteiger partial charge in [0.05, 0.1) is 23.8 Å². The zero-order valence-corrected chi connectivity index (χ0v) is 11.8. The quantitative estimate of drug-likeness (QED) is 0.866. The molecular formula is C13H19FN4O2. The lowest BCUT2D eigenvalue weighted by molar-refractivity contribution is -0.121. The number of likely N-dealkylation sites (tertiary alicyclic amines) is 1. The number of nitrogens with zero attached hydrogens (tertiary/aromatic N) is 3. The smallest absolute Gasteiger partial charge is 0.257 e. The van der Waals surface area contributed by atoms with Gasteiger partial charge in [0.15, 0.2) is 0 Å². The summed E-state index contributed by atoms with van der Waals surface area (Å²) in [5.41, 5.74) is 5.30. The van der Waals surface area contributed by atoms with Crippen molar-refractivity contribution in [3.8, 4) is 0 Å². The van der Waals surface area contributed by atoms with Crippen molar-refractivity contribution >= 4 is 11.8 Å². The van der Waals surface area contributed by atoms with Crippen LogP contribution in [-0.2, 0) is 10.3 Å². The van der Waals surface area contributed by atoms with Gasteiger partial charge in [-0.05, 0) is 20.8 Å². The Kier molecular flexibility index (Phi) is 3.54. The first-order valence-corrected chi connectivity index (χ1v) is 6.49. The summed E-state index contributed by atoms with van der Waals surface area (Å²) in [6, 6.07) is -0.879. The lowest BCUT2D eigenvalue weighted by atomic mass is 10.1. The van der Waals surface area contributed by atoms with Gasteiger partial charge in [-0.15, -0.1) is 0 Å². The number of aromatic nitrogens is 2. The van der Waals surface area contributed by atoms with Gasteiger partial charge in [-0.3, -0.25) is 14.3 Å². The van der Waals surface area contributed by atoms with Gasteiger partial charge < -0.3 is 10.6 Å². The van der Waals surface area contributed by atoms with Crippen molar-refractivity contribution in [2.45, 2.75) is 44.9 Å². The van der Waals surface area contributed by atoms with Crippen molar-refractivity contribution in [2.75, 3.05) is 6.54 Å². The third kappa shape index (κ3) is 2.66. The van der Waals surface area contributed by atoms with E-state index in [0.717, 1.165) is 0 Å². The van der Waals surface area contributed by atoms with Crippen LogP contribution in [0.5, 0.6) is 0 Å². The van der Waals surface area contributed by atoms with Crippen LogP contribution in [0.15, 0.2) is 12.4 Å². The molecule has 1 aromatic rings. The number of alkyl halides is 1. The molecule has 1 aromatic heterocycles. The van der Waals surface area contributed by atoms with Crippen LogP contribution < -0.4 is 5.73 Å². The normalized spacial score (nSPS) is 23.1. The van der Waals surface area contributed by atoms with Crippen molar-refractivity contribution in [3.05, 3.63) is 18.0 Å². The number of rotatable bonds is 2. The number of hydrogen-bond donors (Lipinski definition) is 1. The molecular weight excluding hydrogens is 263 g/mol. The van der Waals surface area contributed by atoms with E-state index in [0.29, 0.717) is 5.56 Å². The third-order valence-corrected chi connectivity index (χ3v) is 3.36. The number of hydrogen-bond acceptors (Lipinski definition) is 3. The minimum Gasteiger partial charge on any atom is -0.368 e. The molecule has 0 aromatic carbocycles. The highest BCUT2D eigenvalue weighted by Crippen LogP contribution is 2.23. The predicted octanol–water partition coefficient (Wildman–Crippen LogP) is 0.676. The highest BCUT2D eigenvalue weighted by Gasteiger charge is 2.39. The maximum atomic E-state index is 13.4. The predicted molar refractivity (Wildman–Crippen MR) is 70.8 cm³/mol. The molecule has 0 spiro atoms. The molecule has 2 atom stereocenters. The first-order chi connectivity index (χ1) is 9.20. The van der Waals surface area contributed by atoms with E-state index < -0.39 is 24.0 Å². The standard InChI is InChI=1S/C13H19FN4O2/c1-13(2,3)18-6-8(5-16-18)12(20)17-7-9(14)4-10(17)11(15)19/h5-6,9-10H,4,7H2,1-3H3,(H2,15,19)/t9-,10+/m1/s1. The molecule has 0 saturated carbocycles. The molecule has 2 N–H and O–H groups in total. The van der Waals surface area contributed by atoms with Crippen molar-refractivity contribution in [2.24, 2.45) is 5.73 Å². The van der Waals surface area contributed by atoms with Crippen LogP contribution in [0.1, 0.15) is 37.6 Å². The summed E-state index contributed by atoms with van der Waals surface area (Å²) in [5, 5.41) is 4.13. The molecule has 0 unspecified atom stereocenters. The molecule has 1 saturated heterocycles. The van der Waals surface area contributed by atoms with E-state index in [-0.39, 0.29) is 18.5 Å². The van der Waals surface area contributed by atoms with E-state index in [2.05, 4.69) is 5.10 Å². The summed E-state index contributed by atoms with van der Waals surface area (Å²) in [7, 11) is 0. The Morgan fingerprint density at radius 1 is 1.45 bits per heavy atom. The summed E-state index contributed by atoms with van der Waals surface area (Å²) < 4.78 is 15.1. The van der Waals surface area contributed by atoms with E-state index in [9.17, 15) is 14.0 Å². The van der Waals surface area contributed by atoms with E-state index >= 15 is 0 Å². The van der Waals surface area contributed by atoms with Gasteiger partial charge in [0.2, 0.25) is 5.91 Å². The Bertz CT molecular complexity index is 535. The van der Waals surface area contributed by atoms with E-state index in [1.807, 2.05) is 20.8 Å². The number of halogens is 1. The van der Waals surface area contributed by atoms with E-state index in [4.69, 9.17) is 5.73 Å². The minimum atomic E-state index is -1.21. The highest BCUT2D eigenvalue weighted by atomic mass is 19.1. The number of nitrogens with two attached hydrogens (primary N) is 1. The van der Waals surface area contributed by atoms with Gasteiger partial charge in [-0.1, -0.05) is 0 Å². The summed E-state index contributed by atoms with van der Waals surface area (Å²) >= 11 is 0. The zero-order valence-electron chi connectivity index (χ0n) is 11.8. The molecule has 6 nitrogen and oxygen atoms in total. The second-order valence-electron chi connectivity index (χ2n) is 6.05. The van der Waals surface area contributed by atoms with Gasteiger partial charge in [-0.2, -0.15) is 5.10 Å². The third-order valence-electron chi connectivity index (χ3n) is 3.36. The summed E-state index contributed by atoms with van der Waals surface area (Å²) in [4.78, 5) is 24.8. The molecule has 20 heavy (non-hydrogen) atoms. The topological polar surface area (TPSA) is 81.2 Å². The number of carbonyl (C=O) groups is 2. The Morgan fingerprint density at radius 2 is 2.10 bits per heavy atom. The minimum absolute atomic E-state index is 0.0333. The monoisotopic (exact) mass is 282 g/mol. The largest absolute Gasteiger partial charge is 0.368 e. The van der Waals surface area contributed by atoms with Gasteiger partial charge >= 0.3 is 0 Å². The Balaban J connectivity index is 2.23. The molecule has 2 amide bonds. The van der Waals surface area contributed by atoms with E-state index in [1.165, 1.54) is 11.1 Å². The summed E-state index contributed by atoms with van der Waals surface area (Å²) in [6.45, 7) is 5.75. The molecule has 1 aliphatic rings. The van der Waals surface area contributed by atoms with Crippen LogP contribution in [0.4, 0.5) is 4.39 Å². The van der Waals surface area contributed by atoms with E-state index in [1.54, 1.807) is 10.9 Å². The fourth-order valence-corrected chi connectivity index (χ4v) is 2.24. The lowest BCUT2D eigenvalue weighted by Gasteiger charge is -2.21. The first kappa shape index (κ1) is 14.5. The van der Waals surface area contributed by atoms with Crippen LogP contribution in [0.25, 0.3) is 0 Å². The van der Waals surface area contributed by atoms with Crippen molar-refractivity contribution in [1.82, 2.24) is 14.7 Å². The van der Waals surface area contributed by atoms with Gasteiger partial charge in [0.1, 0.15) is 12.2 Å². The Labute approximate surface area is 116 Å². The first-order valence-electron chi connectivity index (χ1n) is 6.49. The zero-order chi connectivity index (χ0) is 15.1. The molecule has 1 fully saturated rings. The van der Waals surface area contributed by atoms with Crippen LogP contribution in [0.3, 0.4) is 0 Å². The Hall–Kier alpha value is -1.92. The second-order valence-corrected chi connectivity index (χ2v) is 6.05. The van der Waals surface area contributed by atoms with Crippen LogP contribution >= 0.6 is 0 Å². The van der Waals surface area contributed by atoms with Crippen molar-refractivity contribution in [1.29, 1.82) is 0 Å². The second kappa shape index (κ2) is 4.88. The number of carbonyl (C=O) groups excluding carboxylic acids is 2. The molecule has 2 rings (SSSR count). The van der Waals surface area contributed by atoms with Crippen molar-refractivity contribution in [3.63, 3.8) is 0 Å². The van der Waals surface area contributed by atoms with Gasteiger partial charge in [-0.25, -0.2) is 4.39 Å². The summed E-state index contributed by atoms with van der Waals surface area (Å²) in [5.74, 6) is -1.09. The van der Waals surface area contributed by atoms with Crippen LogP contribution in [-0.4, -0.2) is 45.3 Å². The fraction of sp³-hybridized carbons (Fsp3) is 0.615. The van der Waals surface area contributed by atoms with Crippen molar-refractivity contribution < 1.29 is 14.0 Å². The lowest BCUT2D eigenvalue weighted by Crippen LogP contribution is -2.43. The Morgan fingerprint density at radius 3 is 2.60 bits per heavy atom. The fourth-order valence-electron chi connectivity index (χ4n) is 2.24. The highest BCUT2D eigenvalue weighted by molar-refractivity contribution is 5.97. The molecule has 0 radical (unpaired) electrons. The number of amides is 2. The maximum Gasteiger partial charge on any atom is 0.257 e. The molecule has 110 valence electrons. The molecule has 0 aliphatic carbocycles. The number of primary amides is 1. The average Bonchev–Trinajstić information content (AvgIpc) is 2.93. The molecule has 0 bridgehead atoms. The van der Waals surface area contributed by atoms with Crippen LogP contribution in [0.2, 0.25) is 0 Å². The van der Waals surface area contributed by atoms with Gasteiger partial charge in [0.25, 0.3) is 5.91 Å². The van der Waals surface area contributed by atoms with Crippen LogP contribution in [0, 0.1) is 0 Å².